The van der Waals surface area contributed by atoms with Crippen LogP contribution in [0, 0.1) is 17.2 Å². The monoisotopic (exact) mass is 206 g/mol. The summed E-state index contributed by atoms with van der Waals surface area (Å²) < 4.78 is 6.53. The van der Waals surface area contributed by atoms with Crippen LogP contribution in [0.2, 0.25) is 0 Å². The summed E-state index contributed by atoms with van der Waals surface area (Å²) in [7, 11) is 0. The zero-order valence-electron chi connectivity index (χ0n) is 8.88. The van der Waals surface area contributed by atoms with Gasteiger partial charge in [0.1, 0.15) is 0 Å². The van der Waals surface area contributed by atoms with E-state index in [1.165, 1.54) is 4.57 Å². The van der Waals surface area contributed by atoms with Crippen LogP contribution in [0.25, 0.3) is 0 Å². The Morgan fingerprint density at radius 3 is 2.53 bits per heavy atom. The van der Waals surface area contributed by atoms with Crippen LogP contribution >= 0.6 is 0 Å². The second-order valence-corrected chi connectivity index (χ2v) is 3.69. The fourth-order valence-corrected chi connectivity index (χ4v) is 1.09. The van der Waals surface area contributed by atoms with Crippen LogP contribution in [-0.4, -0.2) is 17.1 Å². The van der Waals surface area contributed by atoms with Crippen LogP contribution in [0.3, 0.4) is 0 Å². The second kappa shape index (κ2) is 5.20. The Balaban J connectivity index is 2.61. The number of rotatable bonds is 4. The molecule has 0 fully saturated rings. The highest BCUT2D eigenvalue weighted by atomic mass is 16.5. The number of aromatic nitrogens is 1. The SMILES string of the molecule is CC(C)COC(=O)C(C#N)n1cccc1. The van der Waals surface area contributed by atoms with E-state index in [9.17, 15) is 4.79 Å². The van der Waals surface area contributed by atoms with Crippen LogP contribution in [0.15, 0.2) is 24.5 Å². The largest absolute Gasteiger partial charge is 0.463 e. The van der Waals surface area contributed by atoms with Gasteiger partial charge in [-0.1, -0.05) is 13.8 Å². The van der Waals surface area contributed by atoms with E-state index >= 15 is 0 Å². The van der Waals surface area contributed by atoms with Crippen molar-refractivity contribution < 1.29 is 9.53 Å². The predicted octanol–water partition coefficient (Wildman–Crippen LogP) is 1.75. The van der Waals surface area contributed by atoms with Crippen molar-refractivity contribution in [3.8, 4) is 6.07 Å². The van der Waals surface area contributed by atoms with Gasteiger partial charge in [-0.05, 0) is 18.1 Å². The summed E-state index contributed by atoms with van der Waals surface area (Å²) in [5.41, 5.74) is 0. The van der Waals surface area contributed by atoms with Gasteiger partial charge in [0.15, 0.2) is 0 Å². The summed E-state index contributed by atoms with van der Waals surface area (Å²) in [5, 5.41) is 8.86. The van der Waals surface area contributed by atoms with Gasteiger partial charge in [-0.15, -0.1) is 0 Å². The van der Waals surface area contributed by atoms with Crippen LogP contribution in [0.1, 0.15) is 19.9 Å². The molecule has 0 radical (unpaired) electrons. The number of esters is 1. The lowest BCUT2D eigenvalue weighted by molar-refractivity contribution is -0.146. The van der Waals surface area contributed by atoms with Crippen molar-refractivity contribution in [2.45, 2.75) is 19.9 Å². The second-order valence-electron chi connectivity index (χ2n) is 3.69. The number of hydrogen-bond donors (Lipinski definition) is 0. The molecule has 1 heterocycles. The molecule has 80 valence electrons. The molecule has 0 spiro atoms. The van der Waals surface area contributed by atoms with E-state index in [1.54, 1.807) is 24.5 Å². The average Bonchev–Trinajstić information content (AvgIpc) is 2.69. The first-order valence-electron chi connectivity index (χ1n) is 4.84. The standard InChI is InChI=1S/C11H14N2O2/c1-9(2)8-15-11(14)10(7-12)13-5-3-4-6-13/h3-6,9-10H,8H2,1-2H3. The van der Waals surface area contributed by atoms with E-state index in [-0.39, 0.29) is 5.92 Å². The maximum atomic E-state index is 11.5. The molecule has 0 N–H and O–H groups in total. The molecule has 4 nitrogen and oxygen atoms in total. The van der Waals surface area contributed by atoms with Gasteiger partial charge in [0, 0.05) is 12.4 Å². The third-order valence-corrected chi connectivity index (χ3v) is 1.83. The minimum Gasteiger partial charge on any atom is -0.463 e. The lowest BCUT2D eigenvalue weighted by Gasteiger charge is -2.12. The Morgan fingerprint density at radius 1 is 1.47 bits per heavy atom. The van der Waals surface area contributed by atoms with Crippen molar-refractivity contribution in [1.82, 2.24) is 4.57 Å². The van der Waals surface area contributed by atoms with Crippen LogP contribution in [0.5, 0.6) is 0 Å². The van der Waals surface area contributed by atoms with Gasteiger partial charge in [0.25, 0.3) is 0 Å². The molecule has 4 heteroatoms. The molecule has 1 rings (SSSR count). The Hall–Kier alpha value is -1.76. The number of nitrogens with zero attached hydrogens (tertiary/aromatic N) is 2. The summed E-state index contributed by atoms with van der Waals surface area (Å²) in [6.45, 7) is 4.24. The first-order valence-corrected chi connectivity index (χ1v) is 4.84. The molecule has 0 aliphatic carbocycles. The predicted molar refractivity (Wildman–Crippen MR) is 54.9 cm³/mol. The lowest BCUT2D eigenvalue weighted by atomic mass is 10.2. The number of nitriles is 1. The van der Waals surface area contributed by atoms with Crippen molar-refractivity contribution in [2.75, 3.05) is 6.61 Å². The molecule has 0 aromatic carbocycles. The van der Waals surface area contributed by atoms with E-state index in [2.05, 4.69) is 0 Å². The van der Waals surface area contributed by atoms with Gasteiger partial charge in [-0.25, -0.2) is 4.79 Å². The Kier molecular flexibility index (Phi) is 3.92. The fourth-order valence-electron chi connectivity index (χ4n) is 1.09. The maximum Gasteiger partial charge on any atom is 0.344 e. The number of carbonyl (C=O) groups excluding carboxylic acids is 1. The minimum absolute atomic E-state index is 0.276. The molecule has 1 aromatic rings. The Labute approximate surface area is 89.1 Å². The van der Waals surface area contributed by atoms with Crippen LogP contribution < -0.4 is 0 Å². The summed E-state index contributed by atoms with van der Waals surface area (Å²) in [6, 6.07) is 4.57. The molecule has 1 atom stereocenters. The van der Waals surface area contributed by atoms with E-state index in [0.717, 1.165) is 0 Å². The van der Waals surface area contributed by atoms with Gasteiger partial charge < -0.3 is 9.30 Å². The molecule has 15 heavy (non-hydrogen) atoms. The normalized spacial score (nSPS) is 12.1. The molecular weight excluding hydrogens is 192 g/mol. The molecule has 0 saturated carbocycles. The van der Waals surface area contributed by atoms with Crippen molar-refractivity contribution in [3.63, 3.8) is 0 Å². The highest BCUT2D eigenvalue weighted by molar-refractivity contribution is 5.77. The fraction of sp³-hybridized carbons (Fsp3) is 0.455. The zero-order chi connectivity index (χ0) is 11.3. The molecule has 0 saturated heterocycles. The molecule has 1 aromatic heterocycles. The van der Waals surface area contributed by atoms with E-state index in [4.69, 9.17) is 10.00 Å². The summed E-state index contributed by atoms with van der Waals surface area (Å²) in [4.78, 5) is 11.5. The van der Waals surface area contributed by atoms with Gasteiger partial charge in [0.05, 0.1) is 12.7 Å². The van der Waals surface area contributed by atoms with Crippen molar-refractivity contribution in [2.24, 2.45) is 5.92 Å². The summed E-state index contributed by atoms with van der Waals surface area (Å²) in [6.07, 6.45) is 3.34. The highest BCUT2D eigenvalue weighted by Gasteiger charge is 2.20. The van der Waals surface area contributed by atoms with Gasteiger partial charge in [-0.2, -0.15) is 5.26 Å². The molecule has 0 aliphatic rings. The Morgan fingerprint density at radius 2 is 2.07 bits per heavy atom. The first kappa shape index (κ1) is 11.3. The van der Waals surface area contributed by atoms with Gasteiger partial charge >= 0.3 is 5.97 Å². The van der Waals surface area contributed by atoms with Crippen molar-refractivity contribution in [3.05, 3.63) is 24.5 Å². The molecule has 0 aliphatic heterocycles. The van der Waals surface area contributed by atoms with Gasteiger partial charge in [-0.3, -0.25) is 0 Å². The third kappa shape index (κ3) is 3.13. The van der Waals surface area contributed by atoms with E-state index in [1.807, 2.05) is 19.9 Å². The van der Waals surface area contributed by atoms with Crippen molar-refractivity contribution >= 4 is 5.97 Å². The van der Waals surface area contributed by atoms with Crippen molar-refractivity contribution in [1.29, 1.82) is 5.26 Å². The molecule has 0 amide bonds. The van der Waals surface area contributed by atoms with Crippen LogP contribution in [-0.2, 0) is 9.53 Å². The average molecular weight is 206 g/mol. The van der Waals surface area contributed by atoms with E-state index in [0.29, 0.717) is 6.61 Å². The molecule has 1 unspecified atom stereocenters. The smallest absolute Gasteiger partial charge is 0.344 e. The zero-order valence-corrected chi connectivity index (χ0v) is 8.88. The van der Waals surface area contributed by atoms with E-state index < -0.39 is 12.0 Å². The third-order valence-electron chi connectivity index (χ3n) is 1.83. The Bertz CT molecular complexity index is 349. The molecular formula is C11H14N2O2. The topological polar surface area (TPSA) is 55.0 Å². The maximum absolute atomic E-state index is 11.5. The molecule has 0 bridgehead atoms. The first-order chi connectivity index (χ1) is 7.15. The lowest BCUT2D eigenvalue weighted by Crippen LogP contribution is -2.21. The summed E-state index contributed by atoms with van der Waals surface area (Å²) >= 11 is 0. The summed E-state index contributed by atoms with van der Waals surface area (Å²) in [5.74, 6) is -0.222. The number of ether oxygens (including phenoxy) is 1. The van der Waals surface area contributed by atoms with Crippen LogP contribution in [0.4, 0.5) is 0 Å². The number of hydrogen-bond acceptors (Lipinski definition) is 3. The number of carbonyl (C=O) groups is 1. The highest BCUT2D eigenvalue weighted by Crippen LogP contribution is 2.08. The minimum atomic E-state index is -0.876. The van der Waals surface area contributed by atoms with Gasteiger partial charge in [0.2, 0.25) is 6.04 Å². The quantitative estimate of drug-likeness (QED) is 0.705.